The van der Waals surface area contributed by atoms with Crippen molar-refractivity contribution >= 4 is 46.7 Å². The summed E-state index contributed by atoms with van der Waals surface area (Å²) in [6.07, 6.45) is 4.05. The topological polar surface area (TPSA) is 74.3 Å². The molecule has 2 N–H and O–H groups in total. The molecule has 27 heavy (non-hydrogen) atoms. The van der Waals surface area contributed by atoms with Gasteiger partial charge in [-0.15, -0.1) is 0 Å². The predicted molar refractivity (Wildman–Crippen MR) is 113 cm³/mol. The summed E-state index contributed by atoms with van der Waals surface area (Å²) in [5.41, 5.74) is 0.921. The first-order valence-electron chi connectivity index (χ1n) is 8.41. The van der Waals surface area contributed by atoms with Crippen LogP contribution in [-0.4, -0.2) is 48.9 Å². The number of aromatic nitrogens is 1. The third-order valence-corrected chi connectivity index (χ3v) is 4.80. The normalized spacial score (nSPS) is 11.6. The minimum atomic E-state index is -0.672. The van der Waals surface area contributed by atoms with Crippen molar-refractivity contribution in [3.8, 4) is 0 Å². The SMILES string of the molecule is CSCC[C@@H](NC(=O)c1ccccc1Cl)C(=O)Nc1ccc(N(C)C)nc1. The molecule has 1 atom stereocenters. The Morgan fingerprint density at radius 3 is 2.56 bits per heavy atom. The first-order chi connectivity index (χ1) is 12.9. The molecular weight excluding hydrogens is 384 g/mol. The number of rotatable bonds is 8. The molecule has 0 unspecified atom stereocenters. The average Bonchev–Trinajstić information content (AvgIpc) is 2.65. The van der Waals surface area contributed by atoms with Gasteiger partial charge in [0.25, 0.3) is 5.91 Å². The summed E-state index contributed by atoms with van der Waals surface area (Å²) in [7, 11) is 3.78. The molecule has 8 heteroatoms. The number of hydrogen-bond acceptors (Lipinski definition) is 5. The average molecular weight is 407 g/mol. The van der Waals surface area contributed by atoms with Gasteiger partial charge in [-0.25, -0.2) is 4.98 Å². The molecule has 1 aromatic heterocycles. The summed E-state index contributed by atoms with van der Waals surface area (Å²) in [5, 5.41) is 5.94. The summed E-state index contributed by atoms with van der Waals surface area (Å²) >= 11 is 7.69. The molecule has 0 aliphatic heterocycles. The number of carbonyl (C=O) groups is 2. The number of nitrogens with zero attached hydrogens (tertiary/aromatic N) is 2. The van der Waals surface area contributed by atoms with Gasteiger partial charge in [0.15, 0.2) is 0 Å². The molecule has 0 spiro atoms. The van der Waals surface area contributed by atoms with Gasteiger partial charge < -0.3 is 15.5 Å². The van der Waals surface area contributed by atoms with Crippen LogP contribution in [0.15, 0.2) is 42.6 Å². The highest BCUT2D eigenvalue weighted by atomic mass is 35.5. The zero-order valence-corrected chi connectivity index (χ0v) is 17.1. The van der Waals surface area contributed by atoms with Gasteiger partial charge in [-0.05, 0) is 42.7 Å². The van der Waals surface area contributed by atoms with Crippen molar-refractivity contribution in [3.05, 3.63) is 53.2 Å². The highest BCUT2D eigenvalue weighted by Gasteiger charge is 2.22. The van der Waals surface area contributed by atoms with Crippen molar-refractivity contribution in [2.45, 2.75) is 12.5 Å². The summed E-state index contributed by atoms with van der Waals surface area (Å²) in [4.78, 5) is 31.3. The van der Waals surface area contributed by atoms with Crippen LogP contribution >= 0.6 is 23.4 Å². The number of pyridine rings is 1. The zero-order valence-electron chi connectivity index (χ0n) is 15.5. The summed E-state index contributed by atoms with van der Waals surface area (Å²) < 4.78 is 0. The van der Waals surface area contributed by atoms with Gasteiger partial charge >= 0.3 is 0 Å². The molecular formula is C19H23ClN4O2S. The largest absolute Gasteiger partial charge is 0.363 e. The molecule has 1 heterocycles. The van der Waals surface area contributed by atoms with Crippen molar-refractivity contribution < 1.29 is 9.59 Å². The molecule has 0 aliphatic carbocycles. The lowest BCUT2D eigenvalue weighted by molar-refractivity contribution is -0.118. The van der Waals surface area contributed by atoms with E-state index in [1.807, 2.05) is 31.3 Å². The Kier molecular flexibility index (Phi) is 7.94. The number of halogens is 1. The predicted octanol–water partition coefficient (Wildman–Crippen LogP) is 3.29. The fourth-order valence-electron chi connectivity index (χ4n) is 2.34. The van der Waals surface area contributed by atoms with Crippen LogP contribution in [0.25, 0.3) is 0 Å². The van der Waals surface area contributed by atoms with E-state index >= 15 is 0 Å². The Morgan fingerprint density at radius 2 is 1.96 bits per heavy atom. The highest BCUT2D eigenvalue weighted by Crippen LogP contribution is 2.16. The Balaban J connectivity index is 2.08. The molecule has 6 nitrogen and oxygen atoms in total. The number of hydrogen-bond donors (Lipinski definition) is 2. The molecule has 1 aromatic carbocycles. The molecule has 2 amide bonds. The fourth-order valence-corrected chi connectivity index (χ4v) is 3.03. The third-order valence-electron chi connectivity index (χ3n) is 3.82. The van der Waals surface area contributed by atoms with Gasteiger partial charge in [0.1, 0.15) is 11.9 Å². The van der Waals surface area contributed by atoms with E-state index in [1.165, 1.54) is 0 Å². The first-order valence-corrected chi connectivity index (χ1v) is 10.2. The van der Waals surface area contributed by atoms with E-state index in [2.05, 4.69) is 15.6 Å². The van der Waals surface area contributed by atoms with Gasteiger partial charge in [-0.1, -0.05) is 23.7 Å². The van der Waals surface area contributed by atoms with Crippen LogP contribution in [0.4, 0.5) is 11.5 Å². The first kappa shape index (κ1) is 21.1. The van der Waals surface area contributed by atoms with Crippen LogP contribution < -0.4 is 15.5 Å². The van der Waals surface area contributed by atoms with Gasteiger partial charge in [-0.2, -0.15) is 11.8 Å². The quantitative estimate of drug-likeness (QED) is 0.703. The molecule has 144 valence electrons. The number of amides is 2. The standard InChI is InChI=1S/C19H23ClN4O2S/c1-24(2)17-9-8-13(12-21-17)22-19(26)16(10-11-27-3)23-18(25)14-6-4-5-7-15(14)20/h4-9,12,16H,10-11H2,1-3H3,(H,22,26)(H,23,25)/t16-/m1/s1. The third kappa shape index (κ3) is 6.15. The second-order valence-electron chi connectivity index (χ2n) is 6.08. The fraction of sp³-hybridized carbons (Fsp3) is 0.316. The Hall–Kier alpha value is -2.25. The van der Waals surface area contributed by atoms with Crippen molar-refractivity contribution in [1.82, 2.24) is 10.3 Å². The number of thioether (sulfide) groups is 1. The minimum Gasteiger partial charge on any atom is -0.363 e. The molecule has 0 saturated carbocycles. The van der Waals surface area contributed by atoms with Crippen LogP contribution in [0, 0.1) is 0 Å². The van der Waals surface area contributed by atoms with Crippen molar-refractivity contribution in [1.29, 1.82) is 0 Å². The van der Waals surface area contributed by atoms with E-state index in [0.29, 0.717) is 22.7 Å². The Bertz CT molecular complexity index is 784. The molecule has 2 rings (SSSR count). The lowest BCUT2D eigenvalue weighted by atomic mass is 10.1. The van der Waals surface area contributed by atoms with Crippen molar-refractivity contribution in [3.63, 3.8) is 0 Å². The molecule has 0 radical (unpaired) electrons. The highest BCUT2D eigenvalue weighted by molar-refractivity contribution is 7.98. The number of nitrogens with one attached hydrogen (secondary N) is 2. The van der Waals surface area contributed by atoms with E-state index in [-0.39, 0.29) is 11.8 Å². The lowest BCUT2D eigenvalue weighted by Crippen LogP contribution is -2.44. The molecule has 0 aliphatic rings. The maximum Gasteiger partial charge on any atom is 0.253 e. The minimum absolute atomic E-state index is 0.288. The Labute approximate surface area is 168 Å². The van der Waals surface area contributed by atoms with E-state index in [9.17, 15) is 9.59 Å². The maximum atomic E-state index is 12.7. The second-order valence-corrected chi connectivity index (χ2v) is 7.47. The summed E-state index contributed by atoms with van der Waals surface area (Å²) in [5.74, 6) is 0.865. The molecule has 0 bridgehead atoms. The second kappa shape index (κ2) is 10.2. The van der Waals surface area contributed by atoms with Crippen LogP contribution in [0.5, 0.6) is 0 Å². The van der Waals surface area contributed by atoms with E-state index in [1.54, 1.807) is 48.3 Å². The van der Waals surface area contributed by atoms with E-state index < -0.39 is 6.04 Å². The van der Waals surface area contributed by atoms with Crippen molar-refractivity contribution in [2.24, 2.45) is 0 Å². The molecule has 2 aromatic rings. The van der Waals surface area contributed by atoms with Gasteiger partial charge in [0.2, 0.25) is 5.91 Å². The molecule has 0 saturated heterocycles. The number of benzene rings is 1. The van der Waals surface area contributed by atoms with Crippen LogP contribution in [0.2, 0.25) is 5.02 Å². The summed E-state index contributed by atoms with van der Waals surface area (Å²) in [6.45, 7) is 0. The Morgan fingerprint density at radius 1 is 1.22 bits per heavy atom. The van der Waals surface area contributed by atoms with Gasteiger partial charge in [0.05, 0.1) is 22.5 Å². The van der Waals surface area contributed by atoms with E-state index in [0.717, 1.165) is 11.6 Å². The van der Waals surface area contributed by atoms with Gasteiger partial charge in [0, 0.05) is 14.1 Å². The van der Waals surface area contributed by atoms with Crippen LogP contribution in [-0.2, 0) is 4.79 Å². The lowest BCUT2D eigenvalue weighted by Gasteiger charge is -2.19. The number of carbonyl (C=O) groups excluding carboxylic acids is 2. The zero-order chi connectivity index (χ0) is 19.8. The van der Waals surface area contributed by atoms with Crippen LogP contribution in [0.3, 0.4) is 0 Å². The van der Waals surface area contributed by atoms with E-state index in [4.69, 9.17) is 11.6 Å². The summed E-state index contributed by atoms with van der Waals surface area (Å²) in [6, 6.07) is 9.68. The smallest absolute Gasteiger partial charge is 0.253 e. The van der Waals surface area contributed by atoms with Crippen LogP contribution in [0.1, 0.15) is 16.8 Å². The van der Waals surface area contributed by atoms with Gasteiger partial charge in [-0.3, -0.25) is 9.59 Å². The van der Waals surface area contributed by atoms with Crippen molar-refractivity contribution in [2.75, 3.05) is 36.3 Å². The number of anilines is 2. The maximum absolute atomic E-state index is 12.7. The monoisotopic (exact) mass is 406 g/mol. The molecule has 0 fully saturated rings.